The third-order valence-electron chi connectivity index (χ3n) is 3.69. The molecule has 1 heterocycles. The minimum atomic E-state index is -0.358. The van der Waals surface area contributed by atoms with Gasteiger partial charge in [0.05, 0.1) is 5.56 Å². The van der Waals surface area contributed by atoms with Gasteiger partial charge in [-0.3, -0.25) is 9.59 Å². The van der Waals surface area contributed by atoms with Gasteiger partial charge in [-0.1, -0.05) is 36.4 Å². The first kappa shape index (κ1) is 15.0. The molecule has 23 heavy (non-hydrogen) atoms. The summed E-state index contributed by atoms with van der Waals surface area (Å²) in [4.78, 5) is 28.5. The number of carbonyl (C=O) groups excluding carboxylic acids is 1. The fourth-order valence-corrected chi connectivity index (χ4v) is 2.54. The Morgan fingerprint density at radius 2 is 1.83 bits per heavy atom. The molecule has 0 aliphatic rings. The molecule has 2 aromatic carbocycles. The van der Waals surface area contributed by atoms with Gasteiger partial charge in [-0.15, -0.1) is 0 Å². The predicted octanol–water partition coefficient (Wildman–Crippen LogP) is 2.94. The molecular formula is C18H15FN2O2. The number of benzene rings is 2. The average molecular weight is 310 g/mol. The maximum atomic E-state index is 13.7. The lowest BCUT2D eigenvalue weighted by Crippen LogP contribution is -2.28. The Bertz CT molecular complexity index is 933. The first-order valence-electron chi connectivity index (χ1n) is 7.17. The van der Waals surface area contributed by atoms with Crippen molar-refractivity contribution < 1.29 is 9.18 Å². The molecule has 0 spiro atoms. The van der Waals surface area contributed by atoms with E-state index in [4.69, 9.17) is 0 Å². The second-order valence-electron chi connectivity index (χ2n) is 5.35. The first-order chi connectivity index (χ1) is 11.1. The lowest BCUT2D eigenvalue weighted by Gasteiger charge is -2.18. The molecule has 4 nitrogen and oxygen atoms in total. The van der Waals surface area contributed by atoms with Crippen LogP contribution in [0.5, 0.6) is 0 Å². The third kappa shape index (κ3) is 2.99. The van der Waals surface area contributed by atoms with Crippen molar-refractivity contribution in [1.29, 1.82) is 0 Å². The standard InChI is InChI=1S/C18H15FN2O2/c1-21(11-12-6-2-4-8-15(12)19)18(23)14-10-17(22)20-16-9-5-3-7-13(14)16/h2-10H,11H2,1H3,(H,20,22). The van der Waals surface area contributed by atoms with Gasteiger partial charge < -0.3 is 9.88 Å². The van der Waals surface area contributed by atoms with E-state index in [1.54, 1.807) is 49.5 Å². The van der Waals surface area contributed by atoms with E-state index in [0.29, 0.717) is 22.0 Å². The van der Waals surface area contributed by atoms with Crippen LogP contribution in [0.3, 0.4) is 0 Å². The summed E-state index contributed by atoms with van der Waals surface area (Å²) in [5, 5.41) is 0.664. The minimum Gasteiger partial charge on any atom is -0.337 e. The molecule has 0 aliphatic carbocycles. The number of halogens is 1. The van der Waals surface area contributed by atoms with Gasteiger partial charge in [-0.2, -0.15) is 0 Å². The molecule has 0 unspecified atom stereocenters. The summed E-state index contributed by atoms with van der Waals surface area (Å²) in [5.41, 5.74) is 0.995. The molecule has 0 saturated carbocycles. The van der Waals surface area contributed by atoms with Crippen molar-refractivity contribution >= 4 is 16.8 Å². The number of rotatable bonds is 3. The Morgan fingerprint density at radius 1 is 1.13 bits per heavy atom. The Balaban J connectivity index is 1.97. The van der Waals surface area contributed by atoms with Crippen LogP contribution in [0.2, 0.25) is 0 Å². The van der Waals surface area contributed by atoms with Gasteiger partial charge in [-0.05, 0) is 12.1 Å². The molecule has 5 heteroatoms. The van der Waals surface area contributed by atoms with E-state index in [1.165, 1.54) is 17.0 Å². The molecule has 0 fully saturated rings. The van der Waals surface area contributed by atoms with Crippen molar-refractivity contribution in [3.63, 3.8) is 0 Å². The molecule has 1 amide bonds. The summed E-state index contributed by atoms with van der Waals surface area (Å²) in [5.74, 6) is -0.682. The van der Waals surface area contributed by atoms with E-state index in [0.717, 1.165) is 0 Å². The van der Waals surface area contributed by atoms with Gasteiger partial charge in [0, 0.05) is 36.1 Å². The Hall–Kier alpha value is -2.95. The second-order valence-corrected chi connectivity index (χ2v) is 5.35. The molecule has 0 aliphatic heterocycles. The number of amides is 1. The average Bonchev–Trinajstić information content (AvgIpc) is 2.55. The normalized spacial score (nSPS) is 10.7. The smallest absolute Gasteiger partial charge is 0.254 e. The molecule has 116 valence electrons. The molecular weight excluding hydrogens is 295 g/mol. The molecule has 0 atom stereocenters. The highest BCUT2D eigenvalue weighted by Gasteiger charge is 2.17. The van der Waals surface area contributed by atoms with E-state index < -0.39 is 0 Å². The summed E-state index contributed by atoms with van der Waals surface area (Å²) >= 11 is 0. The number of nitrogens with zero attached hydrogens (tertiary/aromatic N) is 1. The van der Waals surface area contributed by atoms with Crippen molar-refractivity contribution in [3.8, 4) is 0 Å². The molecule has 3 aromatic rings. The van der Waals surface area contributed by atoms with Gasteiger partial charge in [0.2, 0.25) is 5.56 Å². The molecule has 3 rings (SSSR count). The largest absolute Gasteiger partial charge is 0.337 e. The maximum absolute atomic E-state index is 13.7. The van der Waals surface area contributed by atoms with Crippen LogP contribution in [-0.4, -0.2) is 22.8 Å². The highest BCUT2D eigenvalue weighted by molar-refractivity contribution is 6.05. The SMILES string of the molecule is CN(Cc1ccccc1F)C(=O)c1cc(=O)[nH]c2ccccc12. The Labute approximate surface area is 132 Å². The van der Waals surface area contributed by atoms with Crippen molar-refractivity contribution in [3.05, 3.63) is 81.9 Å². The van der Waals surface area contributed by atoms with Gasteiger partial charge in [0.1, 0.15) is 5.82 Å². The lowest BCUT2D eigenvalue weighted by atomic mass is 10.1. The van der Waals surface area contributed by atoms with Crippen molar-refractivity contribution in [2.75, 3.05) is 7.05 Å². The summed E-state index contributed by atoms with van der Waals surface area (Å²) in [6.45, 7) is 0.132. The first-order valence-corrected chi connectivity index (χ1v) is 7.17. The number of fused-ring (bicyclic) bond motifs is 1. The van der Waals surface area contributed by atoms with Crippen LogP contribution in [0.25, 0.3) is 10.9 Å². The molecule has 0 radical (unpaired) electrons. The summed E-state index contributed by atoms with van der Waals surface area (Å²) < 4.78 is 13.7. The topological polar surface area (TPSA) is 53.2 Å². The number of pyridine rings is 1. The van der Waals surface area contributed by atoms with Crippen LogP contribution in [0.15, 0.2) is 59.4 Å². The van der Waals surface area contributed by atoms with Crippen molar-refractivity contribution in [2.45, 2.75) is 6.54 Å². The summed E-state index contributed by atoms with van der Waals surface area (Å²) in [6, 6.07) is 14.7. The monoisotopic (exact) mass is 310 g/mol. The van der Waals surface area contributed by atoms with E-state index in [-0.39, 0.29) is 23.8 Å². The zero-order valence-electron chi connectivity index (χ0n) is 12.5. The van der Waals surface area contributed by atoms with Crippen LogP contribution < -0.4 is 5.56 Å². The minimum absolute atomic E-state index is 0.132. The highest BCUT2D eigenvalue weighted by Crippen LogP contribution is 2.17. The van der Waals surface area contributed by atoms with Crippen molar-refractivity contribution in [2.24, 2.45) is 0 Å². The van der Waals surface area contributed by atoms with Gasteiger partial charge in [-0.25, -0.2) is 4.39 Å². The number of carbonyl (C=O) groups is 1. The number of hydrogen-bond acceptors (Lipinski definition) is 2. The second kappa shape index (κ2) is 6.04. The summed E-state index contributed by atoms with van der Waals surface area (Å²) in [6.07, 6.45) is 0. The highest BCUT2D eigenvalue weighted by atomic mass is 19.1. The fourth-order valence-electron chi connectivity index (χ4n) is 2.54. The number of aromatic nitrogens is 1. The van der Waals surface area contributed by atoms with Crippen LogP contribution in [-0.2, 0) is 6.54 Å². The van der Waals surface area contributed by atoms with E-state index in [9.17, 15) is 14.0 Å². The van der Waals surface area contributed by atoms with E-state index in [1.807, 2.05) is 0 Å². The van der Waals surface area contributed by atoms with Crippen LogP contribution in [0, 0.1) is 5.82 Å². The van der Waals surface area contributed by atoms with Crippen LogP contribution in [0.4, 0.5) is 4.39 Å². The third-order valence-corrected chi connectivity index (χ3v) is 3.69. The molecule has 0 bridgehead atoms. The number of nitrogens with one attached hydrogen (secondary N) is 1. The number of hydrogen-bond donors (Lipinski definition) is 1. The van der Waals surface area contributed by atoms with Gasteiger partial charge in [0.15, 0.2) is 0 Å². The van der Waals surface area contributed by atoms with E-state index in [2.05, 4.69) is 4.98 Å². The van der Waals surface area contributed by atoms with Gasteiger partial charge >= 0.3 is 0 Å². The van der Waals surface area contributed by atoms with Crippen molar-refractivity contribution in [1.82, 2.24) is 9.88 Å². The van der Waals surface area contributed by atoms with Gasteiger partial charge in [0.25, 0.3) is 5.91 Å². The number of para-hydroxylation sites is 1. The van der Waals surface area contributed by atoms with Crippen LogP contribution >= 0.6 is 0 Å². The number of H-pyrrole nitrogens is 1. The maximum Gasteiger partial charge on any atom is 0.254 e. The summed E-state index contributed by atoms with van der Waals surface area (Å²) in [7, 11) is 1.59. The van der Waals surface area contributed by atoms with Crippen LogP contribution in [0.1, 0.15) is 15.9 Å². The lowest BCUT2D eigenvalue weighted by molar-refractivity contribution is 0.0785. The Kier molecular flexibility index (Phi) is 3.93. The molecule has 0 saturated heterocycles. The predicted molar refractivity (Wildman–Crippen MR) is 86.8 cm³/mol. The zero-order valence-corrected chi connectivity index (χ0v) is 12.5. The zero-order chi connectivity index (χ0) is 16.4. The molecule has 1 N–H and O–H groups in total. The fraction of sp³-hybridized carbons (Fsp3) is 0.111. The van der Waals surface area contributed by atoms with E-state index >= 15 is 0 Å². The quantitative estimate of drug-likeness (QED) is 0.808. The number of aromatic amines is 1. The Morgan fingerprint density at radius 3 is 2.61 bits per heavy atom. The molecule has 1 aromatic heterocycles.